The SMILES string of the molecule is COc1ccc(-c2ccc(C)n2C(C)C)c(OC)c1. The van der Waals surface area contributed by atoms with Gasteiger partial charge in [-0.1, -0.05) is 0 Å². The van der Waals surface area contributed by atoms with E-state index in [1.165, 1.54) is 11.4 Å². The van der Waals surface area contributed by atoms with E-state index in [1.54, 1.807) is 14.2 Å². The molecular formula is C16H21NO2. The van der Waals surface area contributed by atoms with E-state index in [0.29, 0.717) is 6.04 Å². The molecule has 0 aliphatic heterocycles. The molecule has 0 N–H and O–H groups in total. The first kappa shape index (κ1) is 13.5. The monoisotopic (exact) mass is 259 g/mol. The zero-order valence-electron chi connectivity index (χ0n) is 12.2. The molecule has 0 atom stereocenters. The molecule has 1 aromatic carbocycles. The third kappa shape index (κ3) is 2.46. The van der Waals surface area contributed by atoms with Crippen molar-refractivity contribution >= 4 is 0 Å². The average Bonchev–Trinajstić information content (AvgIpc) is 2.79. The normalized spacial score (nSPS) is 10.8. The molecule has 3 nitrogen and oxygen atoms in total. The second kappa shape index (κ2) is 5.39. The van der Waals surface area contributed by atoms with Gasteiger partial charge in [-0.05, 0) is 45.0 Å². The van der Waals surface area contributed by atoms with Gasteiger partial charge < -0.3 is 14.0 Å². The topological polar surface area (TPSA) is 23.4 Å². The molecule has 3 heteroatoms. The van der Waals surface area contributed by atoms with Crippen molar-refractivity contribution in [3.05, 3.63) is 36.0 Å². The molecule has 1 aromatic heterocycles. The summed E-state index contributed by atoms with van der Waals surface area (Å²) in [5, 5.41) is 0. The summed E-state index contributed by atoms with van der Waals surface area (Å²) in [6, 6.07) is 10.6. The van der Waals surface area contributed by atoms with Crippen molar-refractivity contribution in [3.63, 3.8) is 0 Å². The lowest BCUT2D eigenvalue weighted by molar-refractivity contribution is 0.395. The van der Waals surface area contributed by atoms with Gasteiger partial charge in [0.1, 0.15) is 11.5 Å². The predicted octanol–water partition coefficient (Wildman–Crippen LogP) is 4.06. The minimum absolute atomic E-state index is 0.414. The van der Waals surface area contributed by atoms with Crippen molar-refractivity contribution in [2.75, 3.05) is 14.2 Å². The van der Waals surface area contributed by atoms with Crippen molar-refractivity contribution in [2.45, 2.75) is 26.8 Å². The minimum Gasteiger partial charge on any atom is -0.497 e. The second-order valence-electron chi connectivity index (χ2n) is 4.89. The Morgan fingerprint density at radius 1 is 1.00 bits per heavy atom. The highest BCUT2D eigenvalue weighted by Crippen LogP contribution is 2.35. The standard InChI is InChI=1S/C16H21NO2/c1-11(2)17-12(3)6-9-15(17)14-8-7-13(18-4)10-16(14)19-5/h6-11H,1-5H3. The van der Waals surface area contributed by atoms with Crippen LogP contribution in [0.4, 0.5) is 0 Å². The summed E-state index contributed by atoms with van der Waals surface area (Å²) in [7, 11) is 3.35. The zero-order chi connectivity index (χ0) is 14.0. The number of aromatic nitrogens is 1. The summed E-state index contributed by atoms with van der Waals surface area (Å²) in [5.41, 5.74) is 3.51. The fourth-order valence-corrected chi connectivity index (χ4v) is 2.47. The third-order valence-electron chi connectivity index (χ3n) is 3.32. The minimum atomic E-state index is 0.414. The van der Waals surface area contributed by atoms with Gasteiger partial charge in [0.15, 0.2) is 0 Å². The molecule has 0 aliphatic rings. The molecule has 2 aromatic rings. The first-order valence-electron chi connectivity index (χ1n) is 6.48. The van der Waals surface area contributed by atoms with Crippen molar-refractivity contribution in [1.29, 1.82) is 0 Å². The van der Waals surface area contributed by atoms with E-state index < -0.39 is 0 Å². The van der Waals surface area contributed by atoms with E-state index in [1.807, 2.05) is 18.2 Å². The molecule has 0 radical (unpaired) electrons. The number of ether oxygens (including phenoxy) is 2. The fourth-order valence-electron chi connectivity index (χ4n) is 2.47. The van der Waals surface area contributed by atoms with Crippen molar-refractivity contribution < 1.29 is 9.47 Å². The molecule has 0 amide bonds. The Morgan fingerprint density at radius 2 is 1.74 bits per heavy atom. The molecule has 19 heavy (non-hydrogen) atoms. The van der Waals surface area contributed by atoms with Crippen LogP contribution in [0.2, 0.25) is 0 Å². The number of benzene rings is 1. The van der Waals surface area contributed by atoms with E-state index in [4.69, 9.17) is 9.47 Å². The lowest BCUT2D eigenvalue weighted by Crippen LogP contribution is -2.05. The quantitative estimate of drug-likeness (QED) is 0.826. The summed E-state index contributed by atoms with van der Waals surface area (Å²) < 4.78 is 13.0. The Morgan fingerprint density at radius 3 is 2.32 bits per heavy atom. The molecule has 0 spiro atoms. The number of aryl methyl sites for hydroxylation is 1. The summed E-state index contributed by atoms with van der Waals surface area (Å²) >= 11 is 0. The zero-order valence-corrected chi connectivity index (χ0v) is 12.2. The van der Waals surface area contributed by atoms with Crippen LogP contribution in [0.1, 0.15) is 25.6 Å². The van der Waals surface area contributed by atoms with Crippen LogP contribution >= 0.6 is 0 Å². The summed E-state index contributed by atoms with van der Waals surface area (Å²) in [6.45, 7) is 6.50. The van der Waals surface area contributed by atoms with Gasteiger partial charge in [-0.25, -0.2) is 0 Å². The third-order valence-corrected chi connectivity index (χ3v) is 3.32. The van der Waals surface area contributed by atoms with E-state index in [-0.39, 0.29) is 0 Å². The summed E-state index contributed by atoms with van der Waals surface area (Å²) in [6.07, 6.45) is 0. The van der Waals surface area contributed by atoms with Gasteiger partial charge in [-0.15, -0.1) is 0 Å². The Hall–Kier alpha value is -1.90. The van der Waals surface area contributed by atoms with Gasteiger partial charge in [-0.2, -0.15) is 0 Å². The number of nitrogens with zero attached hydrogens (tertiary/aromatic N) is 1. The van der Waals surface area contributed by atoms with E-state index in [2.05, 4.69) is 37.5 Å². The highest BCUT2D eigenvalue weighted by molar-refractivity contribution is 5.70. The second-order valence-corrected chi connectivity index (χ2v) is 4.89. The number of rotatable bonds is 4. The highest BCUT2D eigenvalue weighted by atomic mass is 16.5. The molecule has 0 saturated carbocycles. The van der Waals surface area contributed by atoms with Crippen molar-refractivity contribution in [1.82, 2.24) is 4.57 Å². The van der Waals surface area contributed by atoms with Gasteiger partial charge in [-0.3, -0.25) is 0 Å². The maximum atomic E-state index is 5.49. The molecule has 102 valence electrons. The van der Waals surface area contributed by atoms with Crippen LogP contribution in [-0.2, 0) is 0 Å². The first-order valence-corrected chi connectivity index (χ1v) is 6.48. The first-order chi connectivity index (χ1) is 9.08. The van der Waals surface area contributed by atoms with E-state index in [9.17, 15) is 0 Å². The van der Waals surface area contributed by atoms with Gasteiger partial charge in [0, 0.05) is 23.4 Å². The molecule has 1 heterocycles. The van der Waals surface area contributed by atoms with Crippen LogP contribution in [0.3, 0.4) is 0 Å². The molecule has 0 aliphatic carbocycles. The van der Waals surface area contributed by atoms with Gasteiger partial charge in [0.05, 0.1) is 19.9 Å². The Kier molecular flexibility index (Phi) is 3.84. The predicted molar refractivity (Wildman–Crippen MR) is 78.1 cm³/mol. The van der Waals surface area contributed by atoms with E-state index >= 15 is 0 Å². The Balaban J connectivity index is 2.59. The molecule has 0 saturated heterocycles. The van der Waals surface area contributed by atoms with Crippen LogP contribution in [0.15, 0.2) is 30.3 Å². The smallest absolute Gasteiger partial charge is 0.131 e. The van der Waals surface area contributed by atoms with Crippen LogP contribution in [0.5, 0.6) is 11.5 Å². The van der Waals surface area contributed by atoms with Crippen LogP contribution in [-0.4, -0.2) is 18.8 Å². The van der Waals surface area contributed by atoms with Crippen molar-refractivity contribution in [3.8, 4) is 22.8 Å². The van der Waals surface area contributed by atoms with Crippen LogP contribution < -0.4 is 9.47 Å². The summed E-state index contributed by atoms with van der Waals surface area (Å²) in [4.78, 5) is 0. The Labute approximate surface area is 114 Å². The maximum absolute atomic E-state index is 5.49. The van der Waals surface area contributed by atoms with Crippen molar-refractivity contribution in [2.24, 2.45) is 0 Å². The highest BCUT2D eigenvalue weighted by Gasteiger charge is 2.14. The van der Waals surface area contributed by atoms with E-state index in [0.717, 1.165) is 17.1 Å². The van der Waals surface area contributed by atoms with Gasteiger partial charge in [0.25, 0.3) is 0 Å². The van der Waals surface area contributed by atoms with Gasteiger partial charge >= 0.3 is 0 Å². The lowest BCUT2D eigenvalue weighted by atomic mass is 10.1. The largest absolute Gasteiger partial charge is 0.497 e. The van der Waals surface area contributed by atoms with Crippen LogP contribution in [0, 0.1) is 6.92 Å². The molecule has 0 fully saturated rings. The number of hydrogen-bond donors (Lipinski definition) is 0. The van der Waals surface area contributed by atoms with Gasteiger partial charge in [0.2, 0.25) is 0 Å². The Bertz CT molecular complexity index is 570. The molecular weight excluding hydrogens is 238 g/mol. The lowest BCUT2D eigenvalue weighted by Gasteiger charge is -2.17. The molecule has 0 bridgehead atoms. The fraction of sp³-hybridized carbons (Fsp3) is 0.375. The number of methoxy groups -OCH3 is 2. The summed E-state index contributed by atoms with van der Waals surface area (Å²) in [5.74, 6) is 1.64. The average molecular weight is 259 g/mol. The molecule has 2 rings (SSSR count). The number of hydrogen-bond acceptors (Lipinski definition) is 2. The van der Waals surface area contributed by atoms with Crippen LogP contribution in [0.25, 0.3) is 11.3 Å². The molecule has 0 unspecified atom stereocenters. The maximum Gasteiger partial charge on any atom is 0.131 e.